The van der Waals surface area contributed by atoms with Crippen LogP contribution in [0.5, 0.6) is 0 Å². The molecule has 0 fully saturated rings. The second-order valence-corrected chi connectivity index (χ2v) is 6.23. The maximum absolute atomic E-state index is 11.6. The highest BCUT2D eigenvalue weighted by atomic mass is 32.2. The summed E-state index contributed by atoms with van der Waals surface area (Å²) in [7, 11) is -3.83. The van der Waals surface area contributed by atoms with Crippen molar-refractivity contribution in [1.29, 1.82) is 0 Å². The summed E-state index contributed by atoms with van der Waals surface area (Å²) in [6.07, 6.45) is 0. The Morgan fingerprint density at radius 3 is 2.56 bits per heavy atom. The molecule has 1 rings (SSSR count). The van der Waals surface area contributed by atoms with Crippen molar-refractivity contribution in [3.05, 3.63) is 22.4 Å². The second kappa shape index (κ2) is 4.94. The molecular weight excluding hydrogens is 250 g/mol. The number of hydrogen-bond acceptors (Lipinski definition) is 4. The Hall–Kier alpha value is -0.920. The average Bonchev–Trinajstić information content (AvgIpc) is 2.68. The van der Waals surface area contributed by atoms with Gasteiger partial charge in [0.2, 0.25) is 10.0 Å². The number of carboxylic acid groups (broad SMARTS) is 1. The number of carbonyl (C=O) groups is 1. The molecule has 5 nitrogen and oxygen atoms in total. The summed E-state index contributed by atoms with van der Waals surface area (Å²) in [4.78, 5) is 10.6. The van der Waals surface area contributed by atoms with Crippen LogP contribution in [0.4, 0.5) is 0 Å². The Morgan fingerprint density at radius 2 is 2.12 bits per heavy atom. The van der Waals surface area contributed by atoms with E-state index in [2.05, 4.69) is 4.72 Å². The van der Waals surface area contributed by atoms with Crippen LogP contribution in [0.25, 0.3) is 0 Å². The number of thiophene rings is 1. The lowest BCUT2D eigenvalue weighted by Gasteiger charge is -2.15. The van der Waals surface area contributed by atoms with Crippen LogP contribution in [0.15, 0.2) is 16.8 Å². The molecule has 1 heterocycles. The molecule has 0 aliphatic rings. The maximum atomic E-state index is 11.6. The number of rotatable bonds is 5. The fourth-order valence-corrected chi connectivity index (χ4v) is 2.92. The number of aliphatic carboxylic acids is 1. The molecule has 0 spiro atoms. The third-order valence-electron chi connectivity index (χ3n) is 2.20. The predicted molar refractivity (Wildman–Crippen MR) is 61.9 cm³/mol. The fourth-order valence-electron chi connectivity index (χ4n) is 1.07. The average molecular weight is 263 g/mol. The van der Waals surface area contributed by atoms with Crippen molar-refractivity contribution in [2.75, 3.05) is 0 Å². The number of hydrogen-bond donors (Lipinski definition) is 2. The standard InChI is InChI=1S/C9H13NO4S2/c1-6(8-3-4-15-5-8)10-16(13,14)7(2)9(11)12/h3-7,10H,1-2H3,(H,11,12). The van der Waals surface area contributed by atoms with Crippen molar-refractivity contribution in [2.24, 2.45) is 0 Å². The molecule has 0 bridgehead atoms. The smallest absolute Gasteiger partial charge is 0.323 e. The van der Waals surface area contributed by atoms with Gasteiger partial charge in [-0.15, -0.1) is 0 Å². The zero-order chi connectivity index (χ0) is 12.3. The van der Waals surface area contributed by atoms with Crippen molar-refractivity contribution >= 4 is 27.3 Å². The number of nitrogens with one attached hydrogen (secondary N) is 1. The van der Waals surface area contributed by atoms with Crippen molar-refractivity contribution in [2.45, 2.75) is 25.1 Å². The van der Waals surface area contributed by atoms with Gasteiger partial charge in [0.15, 0.2) is 5.25 Å². The molecule has 0 aromatic carbocycles. The maximum Gasteiger partial charge on any atom is 0.323 e. The van der Waals surface area contributed by atoms with Gasteiger partial charge in [-0.05, 0) is 36.2 Å². The molecule has 2 atom stereocenters. The molecule has 2 unspecified atom stereocenters. The second-order valence-electron chi connectivity index (χ2n) is 3.42. The van der Waals surface area contributed by atoms with Crippen LogP contribution in [0.1, 0.15) is 25.5 Å². The van der Waals surface area contributed by atoms with Crippen LogP contribution in [-0.4, -0.2) is 24.7 Å². The third kappa shape index (κ3) is 3.03. The zero-order valence-electron chi connectivity index (χ0n) is 8.88. The van der Waals surface area contributed by atoms with E-state index in [1.165, 1.54) is 11.3 Å². The minimum atomic E-state index is -3.83. The highest BCUT2D eigenvalue weighted by molar-refractivity contribution is 7.90. The van der Waals surface area contributed by atoms with E-state index in [0.717, 1.165) is 12.5 Å². The Bertz CT molecular complexity index is 452. The molecule has 16 heavy (non-hydrogen) atoms. The lowest BCUT2D eigenvalue weighted by Crippen LogP contribution is -2.38. The van der Waals surface area contributed by atoms with Gasteiger partial charge in [0, 0.05) is 6.04 Å². The predicted octanol–water partition coefficient (Wildman–Crippen LogP) is 1.20. The summed E-state index contributed by atoms with van der Waals surface area (Å²) in [6, 6.07) is 1.38. The van der Waals surface area contributed by atoms with Crippen LogP contribution in [0.2, 0.25) is 0 Å². The van der Waals surface area contributed by atoms with Gasteiger partial charge in [0.25, 0.3) is 0 Å². The van der Waals surface area contributed by atoms with E-state index in [0.29, 0.717) is 0 Å². The summed E-state index contributed by atoms with van der Waals surface area (Å²) < 4.78 is 25.5. The Labute approximate surface area is 98.2 Å². The van der Waals surface area contributed by atoms with E-state index in [1.54, 1.807) is 13.0 Å². The molecule has 0 aliphatic heterocycles. The molecule has 1 aromatic rings. The van der Waals surface area contributed by atoms with Gasteiger partial charge in [-0.3, -0.25) is 4.79 Å². The minimum Gasteiger partial charge on any atom is -0.480 e. The summed E-state index contributed by atoms with van der Waals surface area (Å²) in [5.74, 6) is -1.36. The van der Waals surface area contributed by atoms with Crippen LogP contribution >= 0.6 is 11.3 Å². The largest absolute Gasteiger partial charge is 0.480 e. The zero-order valence-corrected chi connectivity index (χ0v) is 10.5. The topological polar surface area (TPSA) is 83.5 Å². The highest BCUT2D eigenvalue weighted by Gasteiger charge is 2.29. The first-order chi connectivity index (χ1) is 7.34. The van der Waals surface area contributed by atoms with Gasteiger partial charge in [-0.1, -0.05) is 0 Å². The third-order valence-corrected chi connectivity index (χ3v) is 4.71. The van der Waals surface area contributed by atoms with Gasteiger partial charge >= 0.3 is 5.97 Å². The molecule has 2 N–H and O–H groups in total. The molecule has 1 aromatic heterocycles. The summed E-state index contributed by atoms with van der Waals surface area (Å²) >= 11 is 1.46. The molecule has 0 saturated heterocycles. The van der Waals surface area contributed by atoms with E-state index < -0.39 is 27.3 Å². The van der Waals surface area contributed by atoms with Crippen molar-refractivity contribution in [1.82, 2.24) is 4.72 Å². The van der Waals surface area contributed by atoms with E-state index >= 15 is 0 Å². The number of carboxylic acids is 1. The summed E-state index contributed by atoms with van der Waals surface area (Å²) in [6.45, 7) is 2.82. The number of sulfonamides is 1. The normalized spacial score (nSPS) is 15.6. The lowest BCUT2D eigenvalue weighted by molar-refractivity contribution is -0.136. The van der Waals surface area contributed by atoms with Crippen molar-refractivity contribution in [3.8, 4) is 0 Å². The Balaban J connectivity index is 2.78. The van der Waals surface area contributed by atoms with Gasteiger partial charge in [0.1, 0.15) is 0 Å². The molecule has 0 aliphatic carbocycles. The van der Waals surface area contributed by atoms with Crippen LogP contribution < -0.4 is 4.72 Å². The quantitative estimate of drug-likeness (QED) is 0.836. The molecular formula is C9H13NO4S2. The summed E-state index contributed by atoms with van der Waals surface area (Å²) in [5.41, 5.74) is 0.825. The molecule has 0 saturated carbocycles. The molecule has 0 amide bonds. The molecule has 7 heteroatoms. The van der Waals surface area contributed by atoms with E-state index in [1.807, 2.05) is 10.8 Å². The lowest BCUT2D eigenvalue weighted by atomic mass is 10.2. The highest BCUT2D eigenvalue weighted by Crippen LogP contribution is 2.17. The van der Waals surface area contributed by atoms with Crippen molar-refractivity contribution < 1.29 is 18.3 Å². The van der Waals surface area contributed by atoms with Crippen molar-refractivity contribution in [3.63, 3.8) is 0 Å². The summed E-state index contributed by atoms with van der Waals surface area (Å²) in [5, 5.41) is 10.8. The molecule has 0 radical (unpaired) electrons. The van der Waals surface area contributed by atoms with Gasteiger partial charge < -0.3 is 5.11 Å². The van der Waals surface area contributed by atoms with E-state index in [-0.39, 0.29) is 0 Å². The monoisotopic (exact) mass is 263 g/mol. The van der Waals surface area contributed by atoms with Gasteiger partial charge in [-0.25, -0.2) is 13.1 Å². The Morgan fingerprint density at radius 1 is 1.50 bits per heavy atom. The first-order valence-corrected chi connectivity index (χ1v) is 7.09. The first kappa shape index (κ1) is 13.1. The molecule has 90 valence electrons. The fraction of sp³-hybridized carbons (Fsp3) is 0.444. The Kier molecular flexibility index (Phi) is 4.06. The van der Waals surface area contributed by atoms with Gasteiger partial charge in [0.05, 0.1) is 0 Å². The van der Waals surface area contributed by atoms with Crippen LogP contribution in [-0.2, 0) is 14.8 Å². The van der Waals surface area contributed by atoms with Gasteiger partial charge in [-0.2, -0.15) is 11.3 Å². The van der Waals surface area contributed by atoms with Crippen LogP contribution in [0, 0.1) is 0 Å². The SMILES string of the molecule is CC(NS(=O)(=O)C(C)C(=O)O)c1ccsc1. The van der Waals surface area contributed by atoms with E-state index in [9.17, 15) is 13.2 Å². The first-order valence-electron chi connectivity index (χ1n) is 4.60. The van der Waals surface area contributed by atoms with E-state index in [4.69, 9.17) is 5.11 Å². The van der Waals surface area contributed by atoms with Crippen LogP contribution in [0.3, 0.4) is 0 Å². The minimum absolute atomic E-state index is 0.418.